The van der Waals surface area contributed by atoms with E-state index < -0.39 is 0 Å². The van der Waals surface area contributed by atoms with E-state index in [0.717, 1.165) is 11.0 Å². The molecular formula is C10H12N4. The number of aromatic nitrogens is 3. The summed E-state index contributed by atoms with van der Waals surface area (Å²) in [6.07, 6.45) is 4.18. The van der Waals surface area contributed by atoms with Gasteiger partial charge in [-0.15, -0.1) is 0 Å². The number of anilines is 1. The maximum Gasteiger partial charge on any atom is 0.157 e. The Kier molecular flexibility index (Phi) is 1.37. The zero-order chi connectivity index (χ0) is 9.71. The molecule has 0 aromatic carbocycles. The van der Waals surface area contributed by atoms with Crippen LogP contribution >= 0.6 is 0 Å². The number of hydrogen-bond acceptors (Lipinski definition) is 3. The van der Waals surface area contributed by atoms with Crippen molar-refractivity contribution in [1.29, 1.82) is 0 Å². The van der Waals surface area contributed by atoms with Crippen LogP contribution in [0, 0.1) is 0 Å². The van der Waals surface area contributed by atoms with Crippen molar-refractivity contribution in [3.05, 3.63) is 18.0 Å². The molecule has 0 saturated heterocycles. The molecular weight excluding hydrogens is 176 g/mol. The molecule has 2 heterocycles. The van der Waals surface area contributed by atoms with Crippen LogP contribution in [0.5, 0.6) is 0 Å². The zero-order valence-corrected chi connectivity index (χ0v) is 8.07. The lowest BCUT2D eigenvalue weighted by atomic mass is 10.2. The monoisotopic (exact) mass is 188 g/mol. The smallest absolute Gasteiger partial charge is 0.157 e. The minimum atomic E-state index is 0.641. The maximum absolute atomic E-state index is 5.72. The molecule has 1 aliphatic carbocycles. The minimum Gasteiger partial charge on any atom is -0.397 e. The molecule has 1 aliphatic rings. The average Bonchev–Trinajstić information content (AvgIpc) is 2.93. The van der Waals surface area contributed by atoms with E-state index >= 15 is 0 Å². The SMILES string of the molecule is Cn1nc(C2CC2)c2cc(N)cnc21. The summed E-state index contributed by atoms with van der Waals surface area (Å²) < 4.78 is 1.84. The van der Waals surface area contributed by atoms with E-state index in [2.05, 4.69) is 10.1 Å². The topological polar surface area (TPSA) is 56.7 Å². The average molecular weight is 188 g/mol. The summed E-state index contributed by atoms with van der Waals surface area (Å²) in [5, 5.41) is 5.61. The van der Waals surface area contributed by atoms with Crippen molar-refractivity contribution in [1.82, 2.24) is 14.8 Å². The van der Waals surface area contributed by atoms with E-state index in [0.29, 0.717) is 11.6 Å². The van der Waals surface area contributed by atoms with Crippen molar-refractivity contribution in [2.75, 3.05) is 5.73 Å². The number of hydrogen-bond donors (Lipinski definition) is 1. The van der Waals surface area contributed by atoms with Gasteiger partial charge in [0.15, 0.2) is 5.65 Å². The van der Waals surface area contributed by atoms with Crippen LogP contribution in [0.25, 0.3) is 11.0 Å². The van der Waals surface area contributed by atoms with Gasteiger partial charge in [0.05, 0.1) is 17.6 Å². The summed E-state index contributed by atoms with van der Waals surface area (Å²) in [5.74, 6) is 0.641. The lowest BCUT2D eigenvalue weighted by molar-refractivity contribution is 0.759. The van der Waals surface area contributed by atoms with Gasteiger partial charge in [0.25, 0.3) is 0 Å². The van der Waals surface area contributed by atoms with Crippen molar-refractivity contribution in [3.63, 3.8) is 0 Å². The van der Waals surface area contributed by atoms with Gasteiger partial charge in [0.2, 0.25) is 0 Å². The second-order valence-electron chi connectivity index (χ2n) is 3.92. The Morgan fingerprint density at radius 2 is 2.29 bits per heavy atom. The molecule has 2 N–H and O–H groups in total. The van der Waals surface area contributed by atoms with Crippen molar-refractivity contribution in [3.8, 4) is 0 Å². The molecule has 2 aromatic rings. The molecule has 0 radical (unpaired) electrons. The molecule has 0 bridgehead atoms. The highest BCUT2D eigenvalue weighted by molar-refractivity contribution is 5.82. The predicted octanol–water partition coefficient (Wildman–Crippen LogP) is 1.43. The van der Waals surface area contributed by atoms with Crippen molar-refractivity contribution in [2.24, 2.45) is 7.05 Å². The van der Waals surface area contributed by atoms with Crippen LogP contribution in [-0.2, 0) is 7.05 Å². The van der Waals surface area contributed by atoms with Crippen molar-refractivity contribution in [2.45, 2.75) is 18.8 Å². The molecule has 2 aromatic heterocycles. The van der Waals surface area contributed by atoms with E-state index in [-0.39, 0.29) is 0 Å². The molecule has 0 atom stereocenters. The third-order valence-corrected chi connectivity index (χ3v) is 2.69. The van der Waals surface area contributed by atoms with Crippen molar-refractivity contribution < 1.29 is 0 Å². The van der Waals surface area contributed by atoms with E-state index in [1.54, 1.807) is 6.20 Å². The fourth-order valence-corrected chi connectivity index (χ4v) is 1.84. The number of pyridine rings is 1. The zero-order valence-electron chi connectivity index (χ0n) is 8.07. The second-order valence-corrected chi connectivity index (χ2v) is 3.92. The normalized spacial score (nSPS) is 16.4. The first-order chi connectivity index (χ1) is 6.75. The molecule has 0 amide bonds. The van der Waals surface area contributed by atoms with E-state index in [9.17, 15) is 0 Å². The number of nitrogen functional groups attached to an aromatic ring is 1. The molecule has 0 aliphatic heterocycles. The predicted molar refractivity (Wildman–Crippen MR) is 54.9 cm³/mol. The van der Waals surface area contributed by atoms with Gasteiger partial charge in [-0.2, -0.15) is 5.10 Å². The molecule has 1 fully saturated rings. The Balaban J connectivity index is 2.33. The molecule has 14 heavy (non-hydrogen) atoms. The van der Waals surface area contributed by atoms with Crippen LogP contribution < -0.4 is 5.73 Å². The van der Waals surface area contributed by atoms with E-state index in [4.69, 9.17) is 5.73 Å². The summed E-state index contributed by atoms with van der Waals surface area (Å²) in [4.78, 5) is 4.29. The Labute approximate surface area is 81.7 Å². The first-order valence-corrected chi connectivity index (χ1v) is 4.84. The highest BCUT2D eigenvalue weighted by Crippen LogP contribution is 2.42. The summed E-state index contributed by atoms with van der Waals surface area (Å²) in [7, 11) is 1.93. The highest BCUT2D eigenvalue weighted by Gasteiger charge is 2.28. The summed E-state index contributed by atoms with van der Waals surface area (Å²) >= 11 is 0. The Bertz CT molecular complexity index is 496. The van der Waals surface area contributed by atoms with Crippen LogP contribution in [0.4, 0.5) is 5.69 Å². The highest BCUT2D eigenvalue weighted by atomic mass is 15.3. The lowest BCUT2D eigenvalue weighted by Crippen LogP contribution is -1.92. The Hall–Kier alpha value is -1.58. The van der Waals surface area contributed by atoms with Crippen LogP contribution in [-0.4, -0.2) is 14.8 Å². The summed E-state index contributed by atoms with van der Waals surface area (Å²) in [6, 6.07) is 1.98. The Morgan fingerprint density at radius 3 is 3.00 bits per heavy atom. The quantitative estimate of drug-likeness (QED) is 0.736. The van der Waals surface area contributed by atoms with Crippen LogP contribution in [0.15, 0.2) is 12.3 Å². The maximum atomic E-state index is 5.72. The van der Waals surface area contributed by atoms with Crippen LogP contribution in [0.3, 0.4) is 0 Å². The number of rotatable bonds is 1. The van der Waals surface area contributed by atoms with Gasteiger partial charge in [-0.05, 0) is 18.9 Å². The standard InChI is InChI=1S/C10H12N4/c1-14-10-8(4-7(11)5-12-10)9(13-14)6-2-3-6/h4-6H,2-3,11H2,1H3. The summed E-state index contributed by atoms with van der Waals surface area (Å²) in [6.45, 7) is 0. The molecule has 0 spiro atoms. The van der Waals surface area contributed by atoms with Crippen LogP contribution in [0.2, 0.25) is 0 Å². The number of fused-ring (bicyclic) bond motifs is 1. The number of nitrogens with zero attached hydrogens (tertiary/aromatic N) is 3. The second kappa shape index (κ2) is 2.47. The van der Waals surface area contributed by atoms with E-state index in [1.807, 2.05) is 17.8 Å². The molecule has 0 unspecified atom stereocenters. The molecule has 3 rings (SSSR count). The van der Waals surface area contributed by atoms with Gasteiger partial charge in [0, 0.05) is 18.4 Å². The van der Waals surface area contributed by atoms with E-state index in [1.165, 1.54) is 18.5 Å². The van der Waals surface area contributed by atoms with Gasteiger partial charge in [0.1, 0.15) is 0 Å². The molecule has 1 saturated carbocycles. The largest absolute Gasteiger partial charge is 0.397 e. The minimum absolute atomic E-state index is 0.641. The third-order valence-electron chi connectivity index (χ3n) is 2.69. The van der Waals surface area contributed by atoms with Gasteiger partial charge in [-0.1, -0.05) is 0 Å². The van der Waals surface area contributed by atoms with Gasteiger partial charge < -0.3 is 5.73 Å². The fraction of sp³-hybridized carbons (Fsp3) is 0.400. The first-order valence-electron chi connectivity index (χ1n) is 4.84. The Morgan fingerprint density at radius 1 is 1.50 bits per heavy atom. The molecule has 4 nitrogen and oxygen atoms in total. The summed E-state index contributed by atoms with van der Waals surface area (Å²) in [5.41, 5.74) is 8.54. The number of nitrogens with two attached hydrogens (primary N) is 1. The lowest BCUT2D eigenvalue weighted by Gasteiger charge is -1.94. The molecule has 72 valence electrons. The van der Waals surface area contributed by atoms with Crippen molar-refractivity contribution >= 4 is 16.7 Å². The molecule has 4 heteroatoms. The van der Waals surface area contributed by atoms with Gasteiger partial charge in [-0.3, -0.25) is 4.68 Å². The first kappa shape index (κ1) is 7.79. The van der Waals surface area contributed by atoms with Gasteiger partial charge >= 0.3 is 0 Å². The fourth-order valence-electron chi connectivity index (χ4n) is 1.84. The number of aryl methyl sites for hydroxylation is 1. The van der Waals surface area contributed by atoms with Gasteiger partial charge in [-0.25, -0.2) is 4.98 Å². The third kappa shape index (κ3) is 0.999. The van der Waals surface area contributed by atoms with Crippen LogP contribution in [0.1, 0.15) is 24.5 Å².